The molecule has 1 aromatic rings. The molecule has 11 heteroatoms. The number of Topliss-reactive ketones (excluding diaryl/α,β-unsaturated/α-hetero) is 1. The Morgan fingerprint density at radius 1 is 1.26 bits per heavy atom. The van der Waals surface area contributed by atoms with Gasteiger partial charge in [-0.2, -0.15) is 0 Å². The molecule has 1 aromatic carbocycles. The molecule has 3 atom stereocenters. The minimum Gasteiger partial charge on any atom is -0.468 e. The maximum Gasteiger partial charge on any atom is 0.336 e. The zero-order valence-corrected chi connectivity index (χ0v) is 19.1. The average Bonchev–Trinajstić information content (AvgIpc) is 3.24. The lowest BCUT2D eigenvalue weighted by molar-refractivity contribution is -0.385. The van der Waals surface area contributed by atoms with Gasteiger partial charge in [0.15, 0.2) is 17.3 Å². The molecule has 34 heavy (non-hydrogen) atoms. The molecular weight excluding hydrogens is 448 g/mol. The van der Waals surface area contributed by atoms with Gasteiger partial charge in [0.2, 0.25) is 6.79 Å². The average molecular weight is 472 g/mol. The van der Waals surface area contributed by atoms with Crippen molar-refractivity contribution in [2.75, 3.05) is 20.5 Å². The molecule has 0 saturated carbocycles. The van der Waals surface area contributed by atoms with Crippen LogP contribution in [0.5, 0.6) is 11.5 Å². The summed E-state index contributed by atoms with van der Waals surface area (Å²) in [6.07, 6.45) is 0.309. The monoisotopic (exact) mass is 472 g/mol. The van der Waals surface area contributed by atoms with Gasteiger partial charge >= 0.3 is 11.9 Å². The highest BCUT2D eigenvalue weighted by Crippen LogP contribution is 2.50. The Morgan fingerprint density at radius 2 is 1.94 bits per heavy atom. The van der Waals surface area contributed by atoms with Crippen molar-refractivity contribution in [1.82, 2.24) is 5.32 Å². The normalized spacial score (nSPS) is 23.3. The van der Waals surface area contributed by atoms with Crippen LogP contribution in [-0.2, 0) is 23.9 Å². The van der Waals surface area contributed by atoms with E-state index in [-0.39, 0.29) is 53.2 Å². The van der Waals surface area contributed by atoms with Crippen LogP contribution in [-0.4, -0.2) is 43.2 Å². The van der Waals surface area contributed by atoms with Crippen molar-refractivity contribution in [3.05, 3.63) is 50.4 Å². The van der Waals surface area contributed by atoms with E-state index < -0.39 is 34.5 Å². The second kappa shape index (κ2) is 8.81. The predicted octanol–water partition coefficient (Wildman–Crippen LogP) is 2.50. The van der Waals surface area contributed by atoms with E-state index in [0.29, 0.717) is 17.8 Å². The third kappa shape index (κ3) is 3.66. The number of esters is 2. The lowest BCUT2D eigenvalue weighted by atomic mass is 9.69. The van der Waals surface area contributed by atoms with E-state index in [4.69, 9.17) is 18.9 Å². The van der Waals surface area contributed by atoms with E-state index in [1.165, 1.54) is 19.2 Å². The number of dihydropyridines is 1. The van der Waals surface area contributed by atoms with Crippen molar-refractivity contribution in [3.63, 3.8) is 0 Å². The van der Waals surface area contributed by atoms with E-state index in [2.05, 4.69) is 5.32 Å². The molecule has 11 nitrogen and oxygen atoms in total. The molecule has 2 heterocycles. The summed E-state index contributed by atoms with van der Waals surface area (Å²) in [5, 5.41) is 15.2. The fraction of sp³-hybridized carbons (Fsp3) is 0.435. The number of allylic oxidation sites excluding steroid dienone is 3. The Balaban J connectivity index is 1.98. The lowest BCUT2D eigenvalue weighted by Gasteiger charge is -2.38. The van der Waals surface area contributed by atoms with Gasteiger partial charge < -0.3 is 24.3 Å². The third-order valence-electron chi connectivity index (χ3n) is 6.27. The van der Waals surface area contributed by atoms with E-state index in [1.807, 2.05) is 0 Å². The molecule has 0 aromatic heterocycles. The van der Waals surface area contributed by atoms with Crippen LogP contribution in [0.25, 0.3) is 0 Å². The van der Waals surface area contributed by atoms with Crippen LogP contribution in [0.15, 0.2) is 34.7 Å². The fourth-order valence-electron chi connectivity index (χ4n) is 4.81. The number of ketones is 1. The molecule has 3 aliphatic rings. The maximum absolute atomic E-state index is 13.7. The van der Waals surface area contributed by atoms with Crippen molar-refractivity contribution in [2.24, 2.45) is 11.8 Å². The van der Waals surface area contributed by atoms with Crippen molar-refractivity contribution in [1.29, 1.82) is 0 Å². The first kappa shape index (κ1) is 23.3. The van der Waals surface area contributed by atoms with Crippen LogP contribution in [0.2, 0.25) is 0 Å². The summed E-state index contributed by atoms with van der Waals surface area (Å²) in [6.45, 7) is 4.98. The van der Waals surface area contributed by atoms with Gasteiger partial charge in [0.25, 0.3) is 5.69 Å². The standard InChI is InChI=1S/C23H24N2O9/c1-5-32-23(28)18-11(3)24-13-6-10(2)17(22(27)31-4)21(26)20(13)19(18)12-7-15-16(34-9-33-15)8-14(12)25(29)30/h7-8,10,17,19,24H,5-6,9H2,1-4H3/t10-,17-,19-/m0/s1. The van der Waals surface area contributed by atoms with Crippen LogP contribution in [0.1, 0.15) is 38.7 Å². The first-order valence-electron chi connectivity index (χ1n) is 10.8. The number of nitrogens with zero attached hydrogens (tertiary/aromatic N) is 1. The summed E-state index contributed by atoms with van der Waals surface area (Å²) in [6, 6.07) is 2.62. The van der Waals surface area contributed by atoms with Crippen LogP contribution in [0.4, 0.5) is 5.69 Å². The number of nitrogens with one attached hydrogen (secondary N) is 1. The van der Waals surface area contributed by atoms with Crippen LogP contribution in [0, 0.1) is 22.0 Å². The number of carbonyl (C=O) groups is 3. The summed E-state index contributed by atoms with van der Waals surface area (Å²) in [7, 11) is 1.19. The number of hydrogen-bond acceptors (Lipinski definition) is 10. The second-order valence-electron chi connectivity index (χ2n) is 8.28. The van der Waals surface area contributed by atoms with Gasteiger partial charge in [-0.15, -0.1) is 0 Å². The van der Waals surface area contributed by atoms with Gasteiger partial charge in [-0.25, -0.2) is 4.79 Å². The van der Waals surface area contributed by atoms with Gasteiger partial charge in [-0.05, 0) is 32.3 Å². The van der Waals surface area contributed by atoms with Gasteiger partial charge in [0, 0.05) is 22.5 Å². The zero-order chi connectivity index (χ0) is 24.7. The smallest absolute Gasteiger partial charge is 0.336 e. The summed E-state index contributed by atoms with van der Waals surface area (Å²) in [5.74, 6) is -4.18. The molecule has 0 amide bonds. The van der Waals surface area contributed by atoms with Gasteiger partial charge in [-0.3, -0.25) is 19.7 Å². The third-order valence-corrected chi connectivity index (χ3v) is 6.27. The van der Waals surface area contributed by atoms with Crippen LogP contribution in [0.3, 0.4) is 0 Å². The molecule has 180 valence electrons. The summed E-state index contributed by atoms with van der Waals surface area (Å²) >= 11 is 0. The lowest BCUT2D eigenvalue weighted by Crippen LogP contribution is -2.43. The van der Waals surface area contributed by atoms with Crippen LogP contribution >= 0.6 is 0 Å². The zero-order valence-electron chi connectivity index (χ0n) is 19.1. The molecule has 0 bridgehead atoms. The van der Waals surface area contributed by atoms with Gasteiger partial charge in [0.1, 0.15) is 5.92 Å². The molecule has 2 aliphatic heterocycles. The summed E-state index contributed by atoms with van der Waals surface area (Å²) in [5.41, 5.74) is 0.778. The first-order chi connectivity index (χ1) is 16.2. The summed E-state index contributed by atoms with van der Waals surface area (Å²) < 4.78 is 20.8. The van der Waals surface area contributed by atoms with E-state index in [0.717, 1.165) is 0 Å². The Kier molecular flexibility index (Phi) is 6.03. The van der Waals surface area contributed by atoms with Gasteiger partial charge in [-0.1, -0.05) is 6.92 Å². The molecule has 4 rings (SSSR count). The minimum atomic E-state index is -1.16. The Morgan fingerprint density at radius 3 is 2.56 bits per heavy atom. The summed E-state index contributed by atoms with van der Waals surface area (Å²) in [4.78, 5) is 50.7. The quantitative estimate of drug-likeness (QED) is 0.294. The molecule has 1 aliphatic carbocycles. The number of fused-ring (bicyclic) bond motifs is 1. The first-order valence-corrected chi connectivity index (χ1v) is 10.8. The molecule has 0 saturated heterocycles. The minimum absolute atomic E-state index is 0.0501. The van der Waals surface area contributed by atoms with Crippen molar-refractivity contribution >= 4 is 23.4 Å². The number of nitro benzene ring substituents is 1. The number of benzene rings is 1. The highest BCUT2D eigenvalue weighted by molar-refractivity contribution is 6.12. The predicted molar refractivity (Wildman–Crippen MR) is 116 cm³/mol. The Hall–Kier alpha value is -3.89. The van der Waals surface area contributed by atoms with Crippen molar-refractivity contribution < 1.29 is 38.3 Å². The molecular formula is C23H24N2O9. The van der Waals surface area contributed by atoms with Gasteiger partial charge in [0.05, 0.1) is 36.2 Å². The van der Waals surface area contributed by atoms with E-state index in [1.54, 1.807) is 20.8 Å². The molecule has 0 radical (unpaired) electrons. The number of carbonyl (C=O) groups excluding carboxylic acids is 3. The topological polar surface area (TPSA) is 143 Å². The number of nitro groups is 1. The number of hydrogen-bond donors (Lipinski definition) is 1. The van der Waals surface area contributed by atoms with Crippen molar-refractivity contribution in [3.8, 4) is 11.5 Å². The SMILES string of the molecule is CCOC(=O)C1=C(C)NC2=C(C(=O)[C@@H](C(=O)OC)[C@@H](C)C2)[C@H]1c1cc2c(cc1[N+](=O)[O-])OCO2. The molecule has 0 unspecified atom stereocenters. The molecule has 0 fully saturated rings. The van der Waals surface area contributed by atoms with E-state index >= 15 is 0 Å². The number of methoxy groups -OCH3 is 1. The van der Waals surface area contributed by atoms with Crippen LogP contribution < -0.4 is 14.8 Å². The molecule has 1 N–H and O–H groups in total. The fourth-order valence-corrected chi connectivity index (χ4v) is 4.81. The Labute approximate surface area is 194 Å². The highest BCUT2D eigenvalue weighted by atomic mass is 16.7. The second-order valence-corrected chi connectivity index (χ2v) is 8.28. The van der Waals surface area contributed by atoms with Crippen molar-refractivity contribution in [2.45, 2.75) is 33.1 Å². The highest BCUT2D eigenvalue weighted by Gasteiger charge is 2.49. The molecule has 0 spiro atoms. The number of ether oxygens (including phenoxy) is 4. The van der Waals surface area contributed by atoms with E-state index in [9.17, 15) is 24.5 Å². The Bertz CT molecular complexity index is 1170. The maximum atomic E-state index is 13.7. The largest absolute Gasteiger partial charge is 0.468 e. The number of rotatable bonds is 5.